The van der Waals surface area contributed by atoms with Crippen LogP contribution < -0.4 is 5.32 Å². The number of nitrogens with zero attached hydrogens (tertiary/aromatic N) is 1. The van der Waals surface area contributed by atoms with Gasteiger partial charge in [-0.25, -0.2) is 13.6 Å². The monoisotopic (exact) mass is 414 g/mol. The van der Waals surface area contributed by atoms with Gasteiger partial charge in [-0.15, -0.1) is 0 Å². The number of thiocarbonyl (C=S) groups is 1. The Morgan fingerprint density at radius 1 is 1.25 bits per heavy atom. The minimum absolute atomic E-state index is 0.0106. The van der Waals surface area contributed by atoms with Crippen molar-refractivity contribution in [3.05, 3.63) is 46.7 Å². The van der Waals surface area contributed by atoms with Crippen molar-refractivity contribution in [3.63, 3.8) is 0 Å². The number of rotatable bonds is 8. The van der Waals surface area contributed by atoms with Gasteiger partial charge in [-0.1, -0.05) is 6.07 Å². The first-order chi connectivity index (χ1) is 13.3. The fraction of sp³-hybridized carbons (Fsp3) is 0.474. The molecule has 0 aromatic heterocycles. The van der Waals surface area contributed by atoms with Crippen molar-refractivity contribution >= 4 is 23.3 Å². The number of hydrogen-bond acceptors (Lipinski definition) is 5. The van der Waals surface area contributed by atoms with Crippen LogP contribution in [0.1, 0.15) is 25.5 Å². The first-order valence-electron chi connectivity index (χ1n) is 8.72. The highest BCUT2D eigenvalue weighted by Crippen LogP contribution is 2.34. The number of esters is 1. The first kappa shape index (κ1) is 22.2. The maximum absolute atomic E-state index is 14.5. The number of methoxy groups -OCH3 is 2. The molecule has 1 aromatic carbocycles. The smallest absolute Gasteiger partial charge is 0.338 e. The number of benzene rings is 1. The summed E-state index contributed by atoms with van der Waals surface area (Å²) in [6.45, 7) is 4.07. The number of carbonyl (C=O) groups excluding carboxylic acids is 1. The highest BCUT2D eigenvalue weighted by atomic mass is 32.1. The summed E-state index contributed by atoms with van der Waals surface area (Å²) in [4.78, 5) is 14.5. The SMILES string of the molecule is COCCOC(=O)C1=C(C)N([C@@H](C)COC)C(=S)N[C@H]1c1c(F)cccc1F. The highest BCUT2D eigenvalue weighted by molar-refractivity contribution is 7.80. The Kier molecular flexibility index (Phi) is 7.85. The molecule has 0 saturated carbocycles. The van der Waals surface area contributed by atoms with Gasteiger partial charge >= 0.3 is 5.97 Å². The molecule has 1 aliphatic rings. The molecule has 0 spiro atoms. The molecule has 2 atom stereocenters. The number of halogens is 2. The third-order valence-electron chi connectivity index (χ3n) is 4.40. The molecule has 2 rings (SSSR count). The summed E-state index contributed by atoms with van der Waals surface area (Å²) in [6, 6.07) is 2.20. The van der Waals surface area contributed by atoms with Gasteiger partial charge in [0.05, 0.1) is 36.4 Å². The molecule has 0 aliphatic carbocycles. The van der Waals surface area contributed by atoms with Crippen molar-refractivity contribution in [3.8, 4) is 0 Å². The molecule has 28 heavy (non-hydrogen) atoms. The van der Waals surface area contributed by atoms with Crippen LogP contribution in [0, 0.1) is 11.6 Å². The Labute approximate surface area is 168 Å². The second-order valence-electron chi connectivity index (χ2n) is 6.32. The molecular weight excluding hydrogens is 390 g/mol. The third-order valence-corrected chi connectivity index (χ3v) is 4.72. The van der Waals surface area contributed by atoms with Crippen LogP contribution in [-0.4, -0.2) is 56.1 Å². The molecule has 154 valence electrons. The Morgan fingerprint density at radius 3 is 2.46 bits per heavy atom. The molecule has 1 N–H and O–H groups in total. The molecule has 0 fully saturated rings. The van der Waals surface area contributed by atoms with Gasteiger partial charge in [0, 0.05) is 19.9 Å². The predicted molar refractivity (Wildman–Crippen MR) is 104 cm³/mol. The molecule has 0 saturated heterocycles. The zero-order valence-corrected chi connectivity index (χ0v) is 17.1. The maximum Gasteiger partial charge on any atom is 0.338 e. The Morgan fingerprint density at radius 2 is 1.89 bits per heavy atom. The van der Waals surface area contributed by atoms with E-state index in [9.17, 15) is 13.6 Å². The number of nitrogens with one attached hydrogen (secondary N) is 1. The van der Waals surface area contributed by atoms with Gasteiger partial charge in [0.2, 0.25) is 0 Å². The Hall–Kier alpha value is -2.10. The average molecular weight is 414 g/mol. The third kappa shape index (κ3) is 4.65. The second-order valence-corrected chi connectivity index (χ2v) is 6.71. The summed E-state index contributed by atoms with van der Waals surface area (Å²) < 4.78 is 44.2. The fourth-order valence-corrected chi connectivity index (χ4v) is 3.60. The first-order valence-corrected chi connectivity index (χ1v) is 9.13. The van der Waals surface area contributed by atoms with E-state index in [-0.39, 0.29) is 35.5 Å². The summed E-state index contributed by atoms with van der Waals surface area (Å²) in [5.74, 6) is -2.27. The van der Waals surface area contributed by atoms with Crippen molar-refractivity contribution in [2.75, 3.05) is 34.0 Å². The Bertz CT molecular complexity index is 752. The van der Waals surface area contributed by atoms with Crippen LogP contribution in [-0.2, 0) is 19.0 Å². The quantitative estimate of drug-likeness (QED) is 0.399. The molecular formula is C19H24F2N2O4S. The van der Waals surface area contributed by atoms with Gasteiger partial charge in [0.25, 0.3) is 0 Å². The topological polar surface area (TPSA) is 60.0 Å². The summed E-state index contributed by atoms with van der Waals surface area (Å²) in [7, 11) is 3.03. The highest BCUT2D eigenvalue weighted by Gasteiger charge is 2.38. The van der Waals surface area contributed by atoms with Crippen molar-refractivity contribution in [2.24, 2.45) is 0 Å². The van der Waals surface area contributed by atoms with Crippen LogP contribution in [0.25, 0.3) is 0 Å². The van der Waals surface area contributed by atoms with Crippen LogP contribution in [0.2, 0.25) is 0 Å². The van der Waals surface area contributed by atoms with E-state index in [1.165, 1.54) is 13.2 Å². The summed E-state index contributed by atoms with van der Waals surface area (Å²) >= 11 is 5.41. The molecule has 1 aromatic rings. The number of hydrogen-bond donors (Lipinski definition) is 1. The molecule has 1 heterocycles. The van der Waals surface area contributed by atoms with E-state index in [1.807, 2.05) is 6.92 Å². The lowest BCUT2D eigenvalue weighted by Crippen LogP contribution is -2.52. The molecule has 0 amide bonds. The van der Waals surface area contributed by atoms with E-state index in [0.717, 1.165) is 12.1 Å². The zero-order valence-electron chi connectivity index (χ0n) is 16.3. The molecule has 0 bridgehead atoms. The lowest BCUT2D eigenvalue weighted by Gasteiger charge is -2.40. The number of carbonyl (C=O) groups is 1. The molecule has 0 unspecified atom stereocenters. The van der Waals surface area contributed by atoms with Crippen molar-refractivity contribution in [1.82, 2.24) is 10.2 Å². The van der Waals surface area contributed by atoms with E-state index in [2.05, 4.69) is 5.32 Å². The van der Waals surface area contributed by atoms with Crippen LogP contribution in [0.15, 0.2) is 29.5 Å². The van der Waals surface area contributed by atoms with Gasteiger partial charge in [-0.3, -0.25) is 0 Å². The fourth-order valence-electron chi connectivity index (χ4n) is 3.17. The van der Waals surface area contributed by atoms with Crippen molar-refractivity contribution in [1.29, 1.82) is 0 Å². The lowest BCUT2D eigenvalue weighted by atomic mass is 9.93. The average Bonchev–Trinajstić information content (AvgIpc) is 2.61. The number of allylic oxidation sites excluding steroid dienone is 1. The standard InChI is InChI=1S/C19H24F2N2O4S/c1-11(10-26-4)23-12(2)15(18(24)27-9-8-25-3)17(22-19(23)28)16-13(20)6-5-7-14(16)21/h5-7,11,17H,8-10H2,1-4H3,(H,22,28)/t11-,17+/m0/s1. The van der Waals surface area contributed by atoms with Gasteiger partial charge in [-0.2, -0.15) is 0 Å². The van der Waals surface area contributed by atoms with E-state index >= 15 is 0 Å². The minimum atomic E-state index is -1.12. The van der Waals surface area contributed by atoms with Gasteiger partial charge in [0.1, 0.15) is 18.2 Å². The van der Waals surface area contributed by atoms with Crippen LogP contribution >= 0.6 is 12.2 Å². The summed E-state index contributed by atoms with van der Waals surface area (Å²) in [5, 5.41) is 3.13. The summed E-state index contributed by atoms with van der Waals surface area (Å²) in [6.07, 6.45) is 0. The normalized spacial score (nSPS) is 18.1. The number of ether oxygens (including phenoxy) is 3. The maximum atomic E-state index is 14.5. The van der Waals surface area contributed by atoms with Crippen LogP contribution in [0.3, 0.4) is 0 Å². The van der Waals surface area contributed by atoms with Gasteiger partial charge in [-0.05, 0) is 38.2 Å². The largest absolute Gasteiger partial charge is 0.460 e. The van der Waals surface area contributed by atoms with E-state index < -0.39 is 23.6 Å². The Balaban J connectivity index is 2.54. The molecule has 0 radical (unpaired) electrons. The molecule has 6 nitrogen and oxygen atoms in total. The van der Waals surface area contributed by atoms with E-state index in [1.54, 1.807) is 18.9 Å². The molecule has 1 aliphatic heterocycles. The van der Waals surface area contributed by atoms with Crippen molar-refractivity contribution in [2.45, 2.75) is 25.9 Å². The summed E-state index contributed by atoms with van der Waals surface area (Å²) in [5.41, 5.74) is 0.238. The lowest BCUT2D eigenvalue weighted by molar-refractivity contribution is -0.140. The van der Waals surface area contributed by atoms with Gasteiger partial charge in [0.15, 0.2) is 5.11 Å². The van der Waals surface area contributed by atoms with Crippen LogP contribution in [0.5, 0.6) is 0 Å². The van der Waals surface area contributed by atoms with E-state index in [0.29, 0.717) is 12.3 Å². The zero-order chi connectivity index (χ0) is 20.8. The minimum Gasteiger partial charge on any atom is -0.460 e. The molecule has 9 heteroatoms. The van der Waals surface area contributed by atoms with Crippen molar-refractivity contribution < 1.29 is 27.8 Å². The predicted octanol–water partition coefficient (Wildman–Crippen LogP) is 2.69. The van der Waals surface area contributed by atoms with E-state index in [4.69, 9.17) is 26.4 Å². The van der Waals surface area contributed by atoms with Gasteiger partial charge < -0.3 is 24.4 Å². The van der Waals surface area contributed by atoms with Crippen LogP contribution in [0.4, 0.5) is 8.78 Å². The second kappa shape index (κ2) is 9.90.